The van der Waals surface area contributed by atoms with E-state index in [-0.39, 0.29) is 6.54 Å². The first-order chi connectivity index (χ1) is 9.65. The highest BCUT2D eigenvalue weighted by atomic mass is 16.5. The molecule has 0 saturated carbocycles. The van der Waals surface area contributed by atoms with Crippen LogP contribution in [0.15, 0.2) is 18.3 Å². The first kappa shape index (κ1) is 14.3. The zero-order valence-electron chi connectivity index (χ0n) is 11.8. The summed E-state index contributed by atoms with van der Waals surface area (Å²) in [6.45, 7) is 4.15. The molecule has 0 fully saturated rings. The predicted octanol–water partition coefficient (Wildman–Crippen LogP) is 1.90. The third kappa shape index (κ3) is 3.08. The van der Waals surface area contributed by atoms with Gasteiger partial charge in [0, 0.05) is 6.20 Å². The molecule has 1 amide bonds. The number of imidazole rings is 1. The van der Waals surface area contributed by atoms with Crippen molar-refractivity contribution in [2.75, 3.05) is 11.9 Å². The van der Waals surface area contributed by atoms with Crippen molar-refractivity contribution in [3.63, 3.8) is 0 Å². The van der Waals surface area contributed by atoms with Gasteiger partial charge < -0.3 is 5.32 Å². The van der Waals surface area contributed by atoms with Crippen LogP contribution < -0.4 is 10.8 Å². The Labute approximate surface area is 117 Å². The van der Waals surface area contributed by atoms with Crippen LogP contribution in [0.5, 0.6) is 0 Å². The number of carbonyl (C=O) groups is 1. The van der Waals surface area contributed by atoms with E-state index in [0.717, 1.165) is 42.0 Å². The molecular weight excluding hydrogens is 256 g/mol. The van der Waals surface area contributed by atoms with Crippen molar-refractivity contribution in [2.24, 2.45) is 0 Å². The van der Waals surface area contributed by atoms with E-state index in [1.54, 1.807) is 5.48 Å². The lowest BCUT2D eigenvalue weighted by Crippen LogP contribution is -2.27. The molecule has 0 atom stereocenters. The molecule has 0 aliphatic carbocycles. The lowest BCUT2D eigenvalue weighted by Gasteiger charge is -2.08. The average Bonchev–Trinajstić information content (AvgIpc) is 2.79. The summed E-state index contributed by atoms with van der Waals surface area (Å²) in [4.78, 5) is 15.8. The highest BCUT2D eigenvalue weighted by Gasteiger charge is 2.12. The van der Waals surface area contributed by atoms with E-state index in [1.807, 2.05) is 29.7 Å². The number of carbonyl (C=O) groups excluding carboxylic acids is 1. The van der Waals surface area contributed by atoms with Crippen LogP contribution in [-0.2, 0) is 11.2 Å². The maximum absolute atomic E-state index is 11.2. The third-order valence-corrected chi connectivity index (χ3v) is 3.15. The zero-order chi connectivity index (χ0) is 14.5. The molecular formula is C14H20N4O2. The van der Waals surface area contributed by atoms with Gasteiger partial charge in [-0.2, -0.15) is 0 Å². The standard InChI is InChI=1S/C14H20N4O2/c1-3-4-5-11-14(15-8-13(19)17-20)18-9-10(2)6-7-12(18)16-11/h6-7,9,15,20H,3-5,8H2,1-2H3,(H,17,19). The average molecular weight is 276 g/mol. The van der Waals surface area contributed by atoms with Gasteiger partial charge in [-0.05, 0) is 31.4 Å². The Morgan fingerprint density at radius 3 is 2.95 bits per heavy atom. The largest absolute Gasteiger partial charge is 0.360 e. The molecule has 0 unspecified atom stereocenters. The fraction of sp³-hybridized carbons (Fsp3) is 0.429. The van der Waals surface area contributed by atoms with Crippen LogP contribution in [0.1, 0.15) is 31.0 Å². The van der Waals surface area contributed by atoms with Crippen LogP contribution in [0, 0.1) is 6.92 Å². The Kier molecular flexibility index (Phi) is 4.57. The van der Waals surface area contributed by atoms with Crippen molar-refractivity contribution in [2.45, 2.75) is 33.1 Å². The highest BCUT2D eigenvalue weighted by Crippen LogP contribution is 2.20. The molecule has 2 heterocycles. The molecule has 0 aliphatic heterocycles. The minimum absolute atomic E-state index is 0.0113. The van der Waals surface area contributed by atoms with Gasteiger partial charge in [-0.15, -0.1) is 0 Å². The third-order valence-electron chi connectivity index (χ3n) is 3.15. The monoisotopic (exact) mass is 276 g/mol. The number of hydroxylamine groups is 1. The van der Waals surface area contributed by atoms with E-state index in [9.17, 15) is 4.79 Å². The summed E-state index contributed by atoms with van der Waals surface area (Å²) in [5.41, 5.74) is 4.54. The van der Waals surface area contributed by atoms with Crippen LogP contribution in [0.3, 0.4) is 0 Å². The van der Waals surface area contributed by atoms with Crippen LogP contribution in [0.4, 0.5) is 5.82 Å². The van der Waals surface area contributed by atoms with Crippen molar-refractivity contribution >= 4 is 17.4 Å². The van der Waals surface area contributed by atoms with Gasteiger partial charge in [0.15, 0.2) is 0 Å². The maximum atomic E-state index is 11.2. The normalized spacial score (nSPS) is 10.8. The van der Waals surface area contributed by atoms with Crippen molar-refractivity contribution in [3.8, 4) is 0 Å². The summed E-state index contributed by atoms with van der Waals surface area (Å²) in [6.07, 6.45) is 4.98. The van der Waals surface area contributed by atoms with E-state index in [0.29, 0.717) is 0 Å². The van der Waals surface area contributed by atoms with Gasteiger partial charge in [0.05, 0.1) is 12.2 Å². The van der Waals surface area contributed by atoms with Gasteiger partial charge >= 0.3 is 0 Å². The van der Waals surface area contributed by atoms with E-state index >= 15 is 0 Å². The number of pyridine rings is 1. The van der Waals surface area contributed by atoms with Gasteiger partial charge in [-0.3, -0.25) is 14.4 Å². The number of amides is 1. The molecule has 108 valence electrons. The molecule has 0 aromatic carbocycles. The molecule has 2 aromatic rings. The summed E-state index contributed by atoms with van der Waals surface area (Å²) in [7, 11) is 0. The molecule has 6 nitrogen and oxygen atoms in total. The van der Waals surface area contributed by atoms with E-state index in [1.165, 1.54) is 0 Å². The molecule has 0 spiro atoms. The number of rotatable bonds is 6. The van der Waals surface area contributed by atoms with Crippen molar-refractivity contribution in [1.82, 2.24) is 14.9 Å². The highest BCUT2D eigenvalue weighted by molar-refractivity contribution is 5.79. The van der Waals surface area contributed by atoms with Gasteiger partial charge in [-0.1, -0.05) is 19.4 Å². The van der Waals surface area contributed by atoms with Crippen molar-refractivity contribution < 1.29 is 10.0 Å². The van der Waals surface area contributed by atoms with Crippen LogP contribution in [0.2, 0.25) is 0 Å². The first-order valence-electron chi connectivity index (χ1n) is 6.80. The molecule has 0 aliphatic rings. The van der Waals surface area contributed by atoms with Crippen molar-refractivity contribution in [1.29, 1.82) is 0 Å². The Hall–Kier alpha value is -2.08. The number of hydrogen-bond acceptors (Lipinski definition) is 4. The lowest BCUT2D eigenvalue weighted by atomic mass is 10.2. The molecule has 0 bridgehead atoms. The zero-order valence-corrected chi connectivity index (χ0v) is 11.8. The molecule has 6 heteroatoms. The summed E-state index contributed by atoms with van der Waals surface area (Å²) in [6, 6.07) is 3.97. The summed E-state index contributed by atoms with van der Waals surface area (Å²) < 4.78 is 1.95. The molecule has 0 radical (unpaired) electrons. The minimum atomic E-state index is -0.478. The van der Waals surface area contributed by atoms with Crippen LogP contribution in [-0.4, -0.2) is 27.0 Å². The number of aromatic nitrogens is 2. The lowest BCUT2D eigenvalue weighted by molar-refractivity contribution is -0.127. The van der Waals surface area contributed by atoms with E-state index in [4.69, 9.17) is 5.21 Å². The summed E-state index contributed by atoms with van der Waals surface area (Å²) in [5.74, 6) is 0.342. The minimum Gasteiger partial charge on any atom is -0.360 e. The quantitative estimate of drug-likeness (QED) is 0.556. The molecule has 2 rings (SSSR count). The fourth-order valence-corrected chi connectivity index (χ4v) is 2.11. The molecule has 3 N–H and O–H groups in total. The fourth-order valence-electron chi connectivity index (χ4n) is 2.11. The summed E-state index contributed by atoms with van der Waals surface area (Å²) in [5, 5.41) is 11.6. The molecule has 2 aromatic heterocycles. The number of nitrogens with one attached hydrogen (secondary N) is 2. The van der Waals surface area contributed by atoms with Gasteiger partial charge in [0.2, 0.25) is 0 Å². The van der Waals surface area contributed by atoms with Gasteiger partial charge in [-0.25, -0.2) is 10.5 Å². The number of hydrogen-bond donors (Lipinski definition) is 3. The van der Waals surface area contributed by atoms with E-state index < -0.39 is 5.91 Å². The molecule has 0 saturated heterocycles. The Morgan fingerprint density at radius 2 is 2.25 bits per heavy atom. The Balaban J connectivity index is 2.34. The Bertz CT molecular complexity index is 606. The SMILES string of the molecule is CCCCc1nc2ccc(C)cn2c1NCC(=O)NO. The Morgan fingerprint density at radius 1 is 1.45 bits per heavy atom. The second-order valence-corrected chi connectivity index (χ2v) is 4.83. The topological polar surface area (TPSA) is 78.7 Å². The summed E-state index contributed by atoms with van der Waals surface area (Å²) >= 11 is 0. The second-order valence-electron chi connectivity index (χ2n) is 4.83. The number of unbranched alkanes of at least 4 members (excludes halogenated alkanes) is 1. The van der Waals surface area contributed by atoms with Gasteiger partial charge in [0.25, 0.3) is 5.91 Å². The van der Waals surface area contributed by atoms with Crippen LogP contribution in [0.25, 0.3) is 5.65 Å². The molecule has 20 heavy (non-hydrogen) atoms. The van der Waals surface area contributed by atoms with Crippen molar-refractivity contribution in [3.05, 3.63) is 29.6 Å². The second kappa shape index (κ2) is 6.38. The number of aryl methyl sites for hydroxylation is 2. The maximum Gasteiger partial charge on any atom is 0.262 e. The van der Waals surface area contributed by atoms with Gasteiger partial charge in [0.1, 0.15) is 11.5 Å². The van der Waals surface area contributed by atoms with Crippen LogP contribution >= 0.6 is 0 Å². The first-order valence-corrected chi connectivity index (χ1v) is 6.80. The number of nitrogens with zero attached hydrogens (tertiary/aromatic N) is 2. The number of fused-ring (bicyclic) bond motifs is 1. The smallest absolute Gasteiger partial charge is 0.262 e. The van der Waals surface area contributed by atoms with E-state index in [2.05, 4.69) is 17.2 Å². The number of anilines is 1. The predicted molar refractivity (Wildman–Crippen MR) is 77.0 cm³/mol.